The number of nitrogens with one attached hydrogen (secondary N) is 2. The predicted molar refractivity (Wildman–Crippen MR) is 62.3 cm³/mol. The van der Waals surface area contributed by atoms with Crippen molar-refractivity contribution in [3.8, 4) is 0 Å². The standard InChI is InChI=1S/C11H15N3O2/c1-3-14(10(15)12-2)11(16)13-9-7-5-4-6-8-9/h4-8H,3H2,1-2H3,(H,12,15)(H,13,16). The van der Waals surface area contributed by atoms with Gasteiger partial charge in [0.15, 0.2) is 0 Å². The number of carbonyl (C=O) groups excluding carboxylic acids is 2. The maximum absolute atomic E-state index is 11.7. The van der Waals surface area contributed by atoms with E-state index < -0.39 is 12.1 Å². The van der Waals surface area contributed by atoms with Gasteiger partial charge in [0.05, 0.1) is 0 Å². The molecule has 4 amide bonds. The molecular formula is C11H15N3O2. The predicted octanol–water partition coefficient (Wildman–Crippen LogP) is 1.88. The van der Waals surface area contributed by atoms with Crippen LogP contribution in [0.25, 0.3) is 0 Å². The minimum absolute atomic E-state index is 0.318. The molecule has 0 saturated heterocycles. The maximum Gasteiger partial charge on any atom is 0.329 e. The van der Waals surface area contributed by atoms with Gasteiger partial charge in [0.2, 0.25) is 0 Å². The SMILES string of the molecule is CCN(C(=O)NC)C(=O)Nc1ccccc1. The molecule has 0 saturated carbocycles. The molecule has 0 atom stereocenters. The third-order valence-electron chi connectivity index (χ3n) is 2.05. The van der Waals surface area contributed by atoms with Gasteiger partial charge < -0.3 is 10.6 Å². The average Bonchev–Trinajstić information content (AvgIpc) is 2.31. The third-order valence-corrected chi connectivity index (χ3v) is 2.05. The summed E-state index contributed by atoms with van der Waals surface area (Å²) in [6.07, 6.45) is 0. The first-order valence-corrected chi connectivity index (χ1v) is 5.04. The number of para-hydroxylation sites is 1. The Kier molecular flexibility index (Phi) is 4.32. The molecule has 0 fully saturated rings. The molecule has 0 unspecified atom stereocenters. The Morgan fingerprint density at radius 3 is 2.31 bits per heavy atom. The van der Waals surface area contributed by atoms with E-state index in [1.54, 1.807) is 19.1 Å². The number of benzene rings is 1. The van der Waals surface area contributed by atoms with E-state index >= 15 is 0 Å². The molecule has 0 heterocycles. The van der Waals surface area contributed by atoms with Gasteiger partial charge in [-0.2, -0.15) is 0 Å². The van der Waals surface area contributed by atoms with Gasteiger partial charge in [-0.3, -0.25) is 0 Å². The van der Waals surface area contributed by atoms with Crippen LogP contribution in [0.3, 0.4) is 0 Å². The number of carbonyl (C=O) groups is 2. The van der Waals surface area contributed by atoms with Gasteiger partial charge in [-0.25, -0.2) is 14.5 Å². The fourth-order valence-corrected chi connectivity index (χ4v) is 1.23. The molecule has 0 aliphatic heterocycles. The van der Waals surface area contributed by atoms with Crippen LogP contribution in [-0.4, -0.2) is 30.6 Å². The summed E-state index contributed by atoms with van der Waals surface area (Å²) in [4.78, 5) is 24.1. The summed E-state index contributed by atoms with van der Waals surface area (Å²) in [6, 6.07) is 8.14. The smallest absolute Gasteiger partial charge is 0.329 e. The molecule has 0 bridgehead atoms. The zero-order valence-electron chi connectivity index (χ0n) is 9.36. The van der Waals surface area contributed by atoms with Crippen LogP contribution in [0.5, 0.6) is 0 Å². The van der Waals surface area contributed by atoms with Crippen molar-refractivity contribution < 1.29 is 9.59 Å². The van der Waals surface area contributed by atoms with Crippen LogP contribution in [0.2, 0.25) is 0 Å². The lowest BCUT2D eigenvalue weighted by molar-refractivity contribution is 0.197. The van der Waals surface area contributed by atoms with E-state index in [2.05, 4.69) is 10.6 Å². The van der Waals surface area contributed by atoms with E-state index in [0.717, 1.165) is 4.90 Å². The van der Waals surface area contributed by atoms with E-state index in [-0.39, 0.29) is 0 Å². The minimum Gasteiger partial charge on any atom is -0.341 e. The fraction of sp³-hybridized carbons (Fsp3) is 0.273. The summed E-state index contributed by atoms with van der Waals surface area (Å²) < 4.78 is 0. The number of hydrogen-bond acceptors (Lipinski definition) is 2. The molecule has 1 rings (SSSR count). The number of hydrogen-bond donors (Lipinski definition) is 2. The Labute approximate surface area is 94.4 Å². The molecular weight excluding hydrogens is 206 g/mol. The molecule has 16 heavy (non-hydrogen) atoms. The van der Waals surface area contributed by atoms with Crippen molar-refractivity contribution in [1.29, 1.82) is 0 Å². The number of urea groups is 2. The summed E-state index contributed by atoms with van der Waals surface area (Å²) >= 11 is 0. The zero-order chi connectivity index (χ0) is 12.0. The maximum atomic E-state index is 11.7. The van der Waals surface area contributed by atoms with Crippen LogP contribution in [0.1, 0.15) is 6.92 Å². The van der Waals surface area contributed by atoms with Crippen LogP contribution in [0.4, 0.5) is 15.3 Å². The first kappa shape index (κ1) is 12.0. The number of anilines is 1. The second kappa shape index (κ2) is 5.75. The lowest BCUT2D eigenvalue weighted by Gasteiger charge is -2.18. The molecule has 86 valence electrons. The van der Waals surface area contributed by atoms with Crippen molar-refractivity contribution in [2.24, 2.45) is 0 Å². The Morgan fingerprint density at radius 2 is 1.81 bits per heavy atom. The summed E-state index contributed by atoms with van der Waals surface area (Å²) in [5, 5.41) is 5.04. The molecule has 1 aromatic carbocycles. The van der Waals surface area contributed by atoms with Gasteiger partial charge in [0.1, 0.15) is 0 Å². The molecule has 1 aromatic rings. The number of amides is 4. The van der Waals surface area contributed by atoms with Crippen LogP contribution in [0, 0.1) is 0 Å². The van der Waals surface area contributed by atoms with Crippen molar-refractivity contribution in [3.63, 3.8) is 0 Å². The normalized spacial score (nSPS) is 9.38. The van der Waals surface area contributed by atoms with Crippen molar-refractivity contribution in [1.82, 2.24) is 10.2 Å². The molecule has 0 aliphatic carbocycles. The first-order chi connectivity index (χ1) is 7.69. The van der Waals surface area contributed by atoms with Crippen LogP contribution < -0.4 is 10.6 Å². The molecule has 0 radical (unpaired) electrons. The minimum atomic E-state index is -0.437. The van der Waals surface area contributed by atoms with E-state index in [1.807, 2.05) is 18.2 Å². The summed E-state index contributed by atoms with van der Waals surface area (Å²) in [5.41, 5.74) is 0.662. The molecule has 5 heteroatoms. The number of imide groups is 1. The van der Waals surface area contributed by atoms with Crippen LogP contribution in [0.15, 0.2) is 30.3 Å². The van der Waals surface area contributed by atoms with E-state index in [4.69, 9.17) is 0 Å². The van der Waals surface area contributed by atoms with E-state index in [9.17, 15) is 9.59 Å². The largest absolute Gasteiger partial charge is 0.341 e. The van der Waals surface area contributed by atoms with Crippen LogP contribution >= 0.6 is 0 Å². The highest BCUT2D eigenvalue weighted by atomic mass is 16.2. The van der Waals surface area contributed by atoms with Gasteiger partial charge in [0.25, 0.3) is 0 Å². The van der Waals surface area contributed by atoms with E-state index in [0.29, 0.717) is 12.2 Å². The van der Waals surface area contributed by atoms with Gasteiger partial charge in [0, 0.05) is 19.3 Å². The first-order valence-electron chi connectivity index (χ1n) is 5.04. The second-order valence-corrected chi connectivity index (χ2v) is 3.10. The number of rotatable bonds is 2. The molecule has 2 N–H and O–H groups in total. The summed E-state index contributed by atoms with van der Waals surface area (Å²) in [6.45, 7) is 2.05. The Balaban J connectivity index is 2.67. The monoisotopic (exact) mass is 221 g/mol. The van der Waals surface area contributed by atoms with Crippen LogP contribution in [-0.2, 0) is 0 Å². The molecule has 0 spiro atoms. The van der Waals surface area contributed by atoms with Crippen molar-refractivity contribution in [3.05, 3.63) is 30.3 Å². The topological polar surface area (TPSA) is 61.4 Å². The van der Waals surface area contributed by atoms with E-state index in [1.165, 1.54) is 7.05 Å². The van der Waals surface area contributed by atoms with Crippen molar-refractivity contribution in [2.45, 2.75) is 6.92 Å². The fourth-order valence-electron chi connectivity index (χ4n) is 1.23. The van der Waals surface area contributed by atoms with Gasteiger partial charge in [-0.05, 0) is 19.1 Å². The quantitative estimate of drug-likeness (QED) is 0.801. The number of nitrogens with zero attached hydrogens (tertiary/aromatic N) is 1. The average molecular weight is 221 g/mol. The Hall–Kier alpha value is -2.04. The zero-order valence-corrected chi connectivity index (χ0v) is 9.36. The lowest BCUT2D eigenvalue weighted by Crippen LogP contribution is -2.44. The highest BCUT2D eigenvalue weighted by molar-refractivity contribution is 6.00. The second-order valence-electron chi connectivity index (χ2n) is 3.10. The Morgan fingerprint density at radius 1 is 1.19 bits per heavy atom. The molecule has 0 aliphatic rings. The third kappa shape index (κ3) is 2.98. The van der Waals surface area contributed by atoms with Gasteiger partial charge in [-0.15, -0.1) is 0 Å². The van der Waals surface area contributed by atoms with Gasteiger partial charge in [-0.1, -0.05) is 18.2 Å². The molecule has 0 aromatic heterocycles. The highest BCUT2D eigenvalue weighted by Crippen LogP contribution is 2.06. The molecule has 5 nitrogen and oxygen atoms in total. The highest BCUT2D eigenvalue weighted by Gasteiger charge is 2.17. The summed E-state index contributed by atoms with van der Waals surface area (Å²) in [5.74, 6) is 0. The van der Waals surface area contributed by atoms with Crippen molar-refractivity contribution in [2.75, 3.05) is 18.9 Å². The summed E-state index contributed by atoms with van der Waals surface area (Å²) in [7, 11) is 1.49. The Bertz CT molecular complexity index is 365. The van der Waals surface area contributed by atoms with Gasteiger partial charge >= 0.3 is 12.1 Å². The lowest BCUT2D eigenvalue weighted by atomic mass is 10.3. The van der Waals surface area contributed by atoms with Crippen molar-refractivity contribution >= 4 is 17.7 Å².